The SMILES string of the molecule is C1CN2CCN3CCN4CCN1C2C43.C1CNCCNCCNCCN1.I.I[I-]I.NCN. The summed E-state index contributed by atoms with van der Waals surface area (Å²) in [6, 6.07) is 0. The number of hydrogen-bond acceptors (Lipinski definition) is 10. The summed E-state index contributed by atoms with van der Waals surface area (Å²) < 4.78 is 0. The molecular formula is C19H45I4N10-. The van der Waals surface area contributed by atoms with Gasteiger partial charge >= 0.3 is 50.5 Å². The van der Waals surface area contributed by atoms with Crippen LogP contribution in [-0.4, -0.2) is 143 Å². The van der Waals surface area contributed by atoms with E-state index in [-0.39, 0.29) is 30.6 Å². The Labute approximate surface area is 247 Å². The van der Waals surface area contributed by atoms with Gasteiger partial charge in [-0.25, -0.2) is 0 Å². The van der Waals surface area contributed by atoms with Gasteiger partial charge in [0.25, 0.3) is 0 Å². The van der Waals surface area contributed by atoms with E-state index in [9.17, 15) is 0 Å². The standard InChI is InChI=1S/C10H18N4.C8H20N4.CH6N2.I3.HI/c1-2-12-7-8-14-4-3-13-6-5-11(1)9(12)10(13)14;1-2-10-5-6-12-8-7-11-4-3-9-1;2-1-3;1-3-2;/h9-10H,1-8H2;9-12H,1-8H2;1-3H2;;1H/q;;;-1;. The minimum Gasteiger partial charge on any atom is -0.319 e. The Morgan fingerprint density at radius 3 is 0.848 bits per heavy atom. The molecule has 5 heterocycles. The van der Waals surface area contributed by atoms with Gasteiger partial charge < -0.3 is 32.7 Å². The fraction of sp³-hybridized carbons (Fsp3) is 1.00. The van der Waals surface area contributed by atoms with Crippen LogP contribution in [0.25, 0.3) is 0 Å². The van der Waals surface area contributed by atoms with Gasteiger partial charge in [0, 0.05) is 111 Å². The van der Waals surface area contributed by atoms with Crippen LogP contribution in [0.15, 0.2) is 0 Å². The van der Waals surface area contributed by atoms with E-state index in [4.69, 9.17) is 0 Å². The molecule has 33 heavy (non-hydrogen) atoms. The van der Waals surface area contributed by atoms with E-state index < -0.39 is 0 Å². The van der Waals surface area contributed by atoms with Crippen LogP contribution < -0.4 is 46.0 Å². The van der Waals surface area contributed by atoms with Gasteiger partial charge in [0.2, 0.25) is 0 Å². The third kappa shape index (κ3) is 12.3. The van der Waals surface area contributed by atoms with Crippen LogP contribution in [-0.2, 0) is 0 Å². The van der Waals surface area contributed by atoms with Crippen LogP contribution in [0, 0.1) is 0 Å². The zero-order chi connectivity index (χ0) is 23.0. The first-order valence-electron chi connectivity index (χ1n) is 11.8. The number of nitrogens with zero attached hydrogens (tertiary/aromatic N) is 4. The van der Waals surface area contributed by atoms with E-state index in [1.54, 1.807) is 0 Å². The maximum absolute atomic E-state index is 4.62. The van der Waals surface area contributed by atoms with Crippen molar-refractivity contribution >= 4 is 61.2 Å². The van der Waals surface area contributed by atoms with Gasteiger partial charge in [-0.15, -0.1) is 24.0 Å². The molecule has 0 spiro atoms. The molecule has 5 aliphatic heterocycles. The monoisotopic (exact) mass is 921 g/mol. The van der Waals surface area contributed by atoms with Crippen LogP contribution >= 0.6 is 61.2 Å². The maximum Gasteiger partial charge on any atom is 0.0403 e. The Balaban J connectivity index is 0.000000264. The van der Waals surface area contributed by atoms with Crippen molar-refractivity contribution in [3.63, 3.8) is 0 Å². The van der Waals surface area contributed by atoms with E-state index in [0.29, 0.717) is 13.3 Å². The summed E-state index contributed by atoms with van der Waals surface area (Å²) in [7, 11) is 0. The smallest absolute Gasteiger partial charge is 0.0403 e. The number of piperazine rings is 2. The van der Waals surface area contributed by atoms with Crippen molar-refractivity contribution in [3.05, 3.63) is 0 Å². The minimum atomic E-state index is 0. The molecule has 5 saturated heterocycles. The molecule has 0 aromatic carbocycles. The van der Waals surface area contributed by atoms with Crippen LogP contribution in [0.5, 0.6) is 0 Å². The number of rotatable bonds is 0. The first-order valence-corrected chi connectivity index (χ1v) is 24.4. The van der Waals surface area contributed by atoms with Gasteiger partial charge in [-0.2, -0.15) is 0 Å². The normalized spacial score (nSPS) is 28.8. The Kier molecular flexibility index (Phi) is 21.8. The molecule has 0 bridgehead atoms. The summed E-state index contributed by atoms with van der Waals surface area (Å²) in [5.41, 5.74) is 9.25. The van der Waals surface area contributed by atoms with E-state index in [1.807, 2.05) is 0 Å². The molecule has 5 rings (SSSR count). The zero-order valence-electron chi connectivity index (χ0n) is 19.7. The number of hydrogen-bond donors (Lipinski definition) is 6. The minimum absolute atomic E-state index is 0. The van der Waals surface area contributed by atoms with E-state index in [2.05, 4.69) is 89.6 Å². The molecule has 0 atom stereocenters. The Bertz CT molecular complexity index is 375. The van der Waals surface area contributed by atoms with Crippen molar-refractivity contribution in [2.24, 2.45) is 11.5 Å². The van der Waals surface area contributed by atoms with Crippen LogP contribution in [0.2, 0.25) is 0 Å². The second-order valence-corrected chi connectivity index (χ2v) is 24.5. The molecule has 5 aliphatic rings. The number of nitrogens with two attached hydrogens (primary N) is 2. The van der Waals surface area contributed by atoms with Crippen LogP contribution in [0.4, 0.5) is 0 Å². The first kappa shape index (κ1) is 33.5. The van der Waals surface area contributed by atoms with Crippen molar-refractivity contribution < 1.29 is 13.3 Å². The summed E-state index contributed by atoms with van der Waals surface area (Å²) in [6.45, 7) is 19.2. The number of halogens is 4. The second kappa shape index (κ2) is 21.5. The molecule has 0 amide bonds. The third-order valence-electron chi connectivity index (χ3n) is 6.38. The molecule has 0 aliphatic carbocycles. The molecule has 200 valence electrons. The van der Waals surface area contributed by atoms with Gasteiger partial charge in [-0.1, -0.05) is 0 Å². The molecule has 0 aromatic rings. The molecule has 0 saturated carbocycles. The topological polar surface area (TPSA) is 113 Å². The van der Waals surface area contributed by atoms with Crippen molar-refractivity contribution in [1.29, 1.82) is 0 Å². The fourth-order valence-electron chi connectivity index (χ4n) is 4.96. The molecule has 14 heteroatoms. The summed E-state index contributed by atoms with van der Waals surface area (Å²) in [5, 5.41) is 13.4. The summed E-state index contributed by atoms with van der Waals surface area (Å²) in [5.74, 6) is 0. The third-order valence-corrected chi connectivity index (χ3v) is 6.38. The summed E-state index contributed by atoms with van der Waals surface area (Å²) >= 11 is 5.30. The summed E-state index contributed by atoms with van der Waals surface area (Å²) in [4.78, 5) is 10.8. The molecule has 0 unspecified atom stereocenters. The van der Waals surface area contributed by atoms with Crippen molar-refractivity contribution in [1.82, 2.24) is 40.9 Å². The average molecular weight is 921 g/mol. The van der Waals surface area contributed by atoms with Gasteiger partial charge in [-0.3, -0.25) is 19.6 Å². The van der Waals surface area contributed by atoms with Crippen LogP contribution in [0.1, 0.15) is 0 Å². The molecule has 0 radical (unpaired) electrons. The van der Waals surface area contributed by atoms with Crippen molar-refractivity contribution in [3.8, 4) is 0 Å². The molecule has 8 N–H and O–H groups in total. The maximum atomic E-state index is 4.62. The zero-order valence-corrected chi connectivity index (χ0v) is 28.5. The Morgan fingerprint density at radius 2 is 0.697 bits per heavy atom. The fourth-order valence-corrected chi connectivity index (χ4v) is 4.96. The van der Waals surface area contributed by atoms with Crippen LogP contribution in [0.3, 0.4) is 0 Å². The van der Waals surface area contributed by atoms with Gasteiger partial charge in [-0.05, 0) is 0 Å². The average Bonchev–Trinajstić information content (AvgIpc) is 3.39. The summed E-state index contributed by atoms with van der Waals surface area (Å²) in [6.07, 6.45) is 1.47. The van der Waals surface area contributed by atoms with Crippen molar-refractivity contribution in [2.75, 3.05) is 111 Å². The predicted molar refractivity (Wildman–Crippen MR) is 162 cm³/mol. The molecule has 0 aromatic heterocycles. The number of nitrogens with one attached hydrogen (secondary N) is 4. The first-order chi connectivity index (χ1) is 15.8. The van der Waals surface area contributed by atoms with E-state index in [1.165, 1.54) is 52.4 Å². The largest absolute Gasteiger partial charge is 0.319 e. The van der Waals surface area contributed by atoms with Crippen molar-refractivity contribution in [2.45, 2.75) is 12.3 Å². The molecular weight excluding hydrogens is 876 g/mol. The Hall–Kier alpha value is 2.52. The van der Waals surface area contributed by atoms with Gasteiger partial charge in [0.1, 0.15) is 0 Å². The van der Waals surface area contributed by atoms with E-state index in [0.717, 1.165) is 64.7 Å². The second-order valence-electron chi connectivity index (χ2n) is 8.26. The molecule has 5 fully saturated rings. The Morgan fingerprint density at radius 1 is 0.545 bits per heavy atom. The van der Waals surface area contributed by atoms with E-state index >= 15 is 0 Å². The quantitative estimate of drug-likeness (QED) is 0.105. The van der Waals surface area contributed by atoms with Gasteiger partial charge in [0.05, 0.1) is 12.3 Å². The molecule has 10 nitrogen and oxygen atoms in total. The van der Waals surface area contributed by atoms with Gasteiger partial charge in [0.15, 0.2) is 0 Å². The predicted octanol–water partition coefficient (Wildman–Crippen LogP) is -4.49.